The predicted molar refractivity (Wildman–Crippen MR) is 55.2 cm³/mol. The lowest BCUT2D eigenvalue weighted by Crippen LogP contribution is -2.24. The average Bonchev–Trinajstić information content (AvgIpc) is 2.23. The number of rotatable bonds is 3. The van der Waals surface area contributed by atoms with E-state index in [4.69, 9.17) is 5.73 Å². The molecule has 0 aliphatic rings. The number of hydrogen-bond acceptors (Lipinski definition) is 5. The summed E-state index contributed by atoms with van der Waals surface area (Å²) in [6, 6.07) is -0.0131. The highest BCUT2D eigenvalue weighted by atomic mass is 32.2. The van der Waals surface area contributed by atoms with Crippen molar-refractivity contribution < 1.29 is 39.5 Å². The summed E-state index contributed by atoms with van der Waals surface area (Å²) in [6.07, 6.45) is -10.6. The quantitative estimate of drug-likeness (QED) is 0.802. The molecule has 6 nitrogen and oxygen atoms in total. The number of nitrogens with two attached hydrogens (primary N) is 2. The molecule has 1 heterocycles. The molecule has 0 atom stereocenters. The molecule has 0 aliphatic carbocycles. The minimum Gasteiger partial charge on any atom is -0.387 e. The Balaban J connectivity index is 3.68. The second-order valence-corrected chi connectivity index (χ2v) is 5.09. The molecule has 4 N–H and O–H groups in total. The van der Waals surface area contributed by atoms with E-state index in [0.29, 0.717) is 0 Å². The number of hydrogen-bond donors (Lipinski definition) is 2. The van der Waals surface area contributed by atoms with Crippen LogP contribution in [-0.4, -0.2) is 19.8 Å². The van der Waals surface area contributed by atoms with Crippen molar-refractivity contribution in [2.45, 2.75) is 24.1 Å². The van der Waals surface area contributed by atoms with Gasteiger partial charge >= 0.3 is 12.5 Å². The van der Waals surface area contributed by atoms with Crippen molar-refractivity contribution in [2.24, 2.45) is 10.9 Å². The van der Waals surface area contributed by atoms with Crippen LogP contribution in [0.2, 0.25) is 0 Å². The standard InChI is InChI=1S/C8H7F6N3O3S/c9-7(10,11)4-1-5(21(16,18)19)17-6(3(4)2-15)20-8(12,13)14/h1H,2,15H2,(H2,16,18,19). The van der Waals surface area contributed by atoms with Gasteiger partial charge in [-0.05, 0) is 6.07 Å². The van der Waals surface area contributed by atoms with Crippen molar-refractivity contribution in [1.82, 2.24) is 4.98 Å². The van der Waals surface area contributed by atoms with Gasteiger partial charge in [0.1, 0.15) is 0 Å². The van der Waals surface area contributed by atoms with E-state index in [1.54, 1.807) is 0 Å². The summed E-state index contributed by atoms with van der Waals surface area (Å²) in [7, 11) is -4.79. The Bertz CT molecular complexity index is 640. The highest BCUT2D eigenvalue weighted by molar-refractivity contribution is 7.89. The third kappa shape index (κ3) is 4.44. The number of primary sulfonamides is 1. The van der Waals surface area contributed by atoms with Gasteiger partial charge < -0.3 is 10.5 Å². The number of alkyl halides is 6. The zero-order valence-corrected chi connectivity index (χ0v) is 10.6. The first-order chi connectivity index (χ1) is 9.25. The van der Waals surface area contributed by atoms with Crippen molar-refractivity contribution in [2.75, 3.05) is 0 Å². The molecule has 0 amide bonds. The molecule has 0 aliphatic heterocycles. The van der Waals surface area contributed by atoms with Gasteiger partial charge in [-0.25, -0.2) is 13.6 Å². The van der Waals surface area contributed by atoms with Gasteiger partial charge in [0.2, 0.25) is 5.88 Å². The number of aromatic nitrogens is 1. The van der Waals surface area contributed by atoms with Crippen molar-refractivity contribution in [3.8, 4) is 5.88 Å². The predicted octanol–water partition coefficient (Wildman–Crippen LogP) is 1.11. The molecule has 0 bridgehead atoms. The number of pyridine rings is 1. The first-order valence-corrected chi connectivity index (χ1v) is 6.40. The smallest absolute Gasteiger partial charge is 0.387 e. The number of sulfonamides is 1. The van der Waals surface area contributed by atoms with Gasteiger partial charge in [0.05, 0.1) is 5.56 Å². The minimum atomic E-state index is -5.39. The van der Waals surface area contributed by atoms with E-state index in [1.165, 1.54) is 0 Å². The highest BCUT2D eigenvalue weighted by Gasteiger charge is 2.40. The van der Waals surface area contributed by atoms with Crippen LogP contribution in [0.5, 0.6) is 5.88 Å². The van der Waals surface area contributed by atoms with Crippen LogP contribution in [0.3, 0.4) is 0 Å². The Kier molecular flexibility index (Phi) is 4.41. The fourth-order valence-electron chi connectivity index (χ4n) is 1.32. The lowest BCUT2D eigenvalue weighted by atomic mass is 10.1. The van der Waals surface area contributed by atoms with Gasteiger partial charge in [0, 0.05) is 12.1 Å². The van der Waals surface area contributed by atoms with Crippen LogP contribution in [-0.2, 0) is 22.7 Å². The van der Waals surface area contributed by atoms with E-state index in [-0.39, 0.29) is 6.07 Å². The summed E-state index contributed by atoms with van der Waals surface area (Å²) < 4.78 is 100. The van der Waals surface area contributed by atoms with Crippen LogP contribution in [0.15, 0.2) is 11.1 Å². The fraction of sp³-hybridized carbons (Fsp3) is 0.375. The normalized spacial score (nSPS) is 13.3. The van der Waals surface area contributed by atoms with E-state index in [9.17, 15) is 34.8 Å². The molecule has 1 aromatic rings. The largest absolute Gasteiger partial charge is 0.574 e. The van der Waals surface area contributed by atoms with Crippen molar-refractivity contribution in [1.29, 1.82) is 0 Å². The zero-order valence-electron chi connectivity index (χ0n) is 9.79. The summed E-state index contributed by atoms with van der Waals surface area (Å²) in [4.78, 5) is 2.84. The monoisotopic (exact) mass is 339 g/mol. The summed E-state index contributed by atoms with van der Waals surface area (Å²) >= 11 is 0. The SMILES string of the molecule is NCc1c(C(F)(F)F)cc(S(N)(=O)=O)nc1OC(F)(F)F. The van der Waals surface area contributed by atoms with Gasteiger partial charge in [-0.1, -0.05) is 0 Å². The molecule has 0 unspecified atom stereocenters. The van der Waals surface area contributed by atoms with Crippen LogP contribution in [0.4, 0.5) is 26.3 Å². The lowest BCUT2D eigenvalue weighted by molar-refractivity contribution is -0.276. The van der Waals surface area contributed by atoms with E-state index < -0.39 is 51.1 Å². The van der Waals surface area contributed by atoms with Crippen LogP contribution in [0, 0.1) is 0 Å². The van der Waals surface area contributed by atoms with Gasteiger partial charge in [-0.3, -0.25) is 0 Å². The Morgan fingerprint density at radius 2 is 1.71 bits per heavy atom. The molecule has 0 saturated heterocycles. The molecular weight excluding hydrogens is 332 g/mol. The van der Waals surface area contributed by atoms with E-state index in [0.717, 1.165) is 0 Å². The molecule has 0 spiro atoms. The minimum absolute atomic E-state index is 0.0131. The van der Waals surface area contributed by atoms with Crippen LogP contribution >= 0.6 is 0 Å². The summed E-state index contributed by atoms with van der Waals surface area (Å²) in [6.45, 7) is -1.02. The molecule has 1 rings (SSSR count). The first kappa shape index (κ1) is 17.5. The molecule has 0 aromatic carbocycles. The maximum atomic E-state index is 12.8. The third-order valence-electron chi connectivity index (χ3n) is 2.08. The number of nitrogens with zero attached hydrogens (tertiary/aromatic N) is 1. The molecule has 120 valence electrons. The van der Waals surface area contributed by atoms with E-state index in [2.05, 4.69) is 14.9 Å². The number of halogens is 6. The molecule has 1 aromatic heterocycles. The fourth-order valence-corrected chi connectivity index (χ4v) is 1.81. The van der Waals surface area contributed by atoms with Gasteiger partial charge in [-0.15, -0.1) is 13.2 Å². The summed E-state index contributed by atoms with van der Waals surface area (Å²) in [5.41, 5.74) is 2.08. The van der Waals surface area contributed by atoms with E-state index in [1.807, 2.05) is 0 Å². The molecule has 0 radical (unpaired) electrons. The second-order valence-electron chi connectivity index (χ2n) is 3.59. The van der Waals surface area contributed by atoms with Crippen LogP contribution in [0.1, 0.15) is 11.1 Å². The Labute approximate surface area is 113 Å². The maximum Gasteiger partial charge on any atom is 0.574 e. The molecule has 21 heavy (non-hydrogen) atoms. The maximum absolute atomic E-state index is 12.8. The third-order valence-corrected chi connectivity index (χ3v) is 2.87. The Hall–Kier alpha value is -1.60. The first-order valence-electron chi connectivity index (χ1n) is 4.85. The molecular formula is C8H7F6N3O3S. The summed E-state index contributed by atoms with van der Waals surface area (Å²) in [5.74, 6) is -1.62. The van der Waals surface area contributed by atoms with Crippen LogP contribution < -0.4 is 15.6 Å². The van der Waals surface area contributed by atoms with Crippen molar-refractivity contribution in [3.05, 3.63) is 17.2 Å². The van der Waals surface area contributed by atoms with Gasteiger partial charge in [-0.2, -0.15) is 18.2 Å². The van der Waals surface area contributed by atoms with E-state index >= 15 is 0 Å². The number of ether oxygens (including phenoxy) is 1. The van der Waals surface area contributed by atoms with Crippen molar-refractivity contribution >= 4 is 10.0 Å². The van der Waals surface area contributed by atoms with Gasteiger partial charge in [0.15, 0.2) is 5.03 Å². The lowest BCUT2D eigenvalue weighted by Gasteiger charge is -2.17. The Morgan fingerprint density at radius 3 is 2.05 bits per heavy atom. The second kappa shape index (κ2) is 5.31. The van der Waals surface area contributed by atoms with Crippen molar-refractivity contribution in [3.63, 3.8) is 0 Å². The molecule has 13 heteroatoms. The van der Waals surface area contributed by atoms with Gasteiger partial charge in [0.25, 0.3) is 10.0 Å². The zero-order chi connectivity index (χ0) is 16.6. The molecule has 0 fully saturated rings. The highest BCUT2D eigenvalue weighted by Crippen LogP contribution is 2.37. The topological polar surface area (TPSA) is 108 Å². The van der Waals surface area contributed by atoms with Crippen LogP contribution in [0.25, 0.3) is 0 Å². The summed E-state index contributed by atoms with van der Waals surface area (Å²) in [5, 5.41) is 3.14. The Morgan fingerprint density at radius 1 is 1.19 bits per heavy atom. The molecule has 0 saturated carbocycles. The average molecular weight is 339 g/mol.